The maximum atomic E-state index is 7.45. The summed E-state index contributed by atoms with van der Waals surface area (Å²) in [6, 6.07) is 85.6. The first kappa shape index (κ1) is 37.7. The summed E-state index contributed by atoms with van der Waals surface area (Å²) < 4.78 is 14.8. The van der Waals surface area contributed by atoms with Crippen molar-refractivity contribution >= 4 is 97.7 Å². The summed E-state index contributed by atoms with van der Waals surface area (Å²) in [5.74, 6) is 0. The maximum Gasteiger partial charge on any atom is 0.144 e. The van der Waals surface area contributed by atoms with Crippen LogP contribution in [0.2, 0.25) is 0 Å². The lowest BCUT2D eigenvalue weighted by atomic mass is 9.69. The summed E-state index contributed by atoms with van der Waals surface area (Å²) in [7, 11) is 0. The molecule has 2 heterocycles. The highest BCUT2D eigenvalue weighted by atomic mass is 16.3. The second kappa shape index (κ2) is 13.5. The van der Waals surface area contributed by atoms with Crippen LogP contribution >= 0.6 is 0 Å². The third-order valence-corrected chi connectivity index (χ3v) is 16.4. The highest BCUT2D eigenvalue weighted by Crippen LogP contribution is 2.69. The van der Waals surface area contributed by atoms with Crippen molar-refractivity contribution in [3.05, 3.63) is 253 Å². The Balaban J connectivity index is 1.14. The van der Waals surface area contributed by atoms with Crippen LogP contribution < -0.4 is 0 Å². The summed E-state index contributed by atoms with van der Waals surface area (Å²) in [5, 5.41) is 16.7. The lowest BCUT2D eigenvalue weighted by Crippen LogP contribution is -2.26. The molecule has 2 heteroatoms. The number of rotatable bonds is 2. The SMILES string of the molecule is c1ccc2cc(-c3cc4c(c5oc6ccccc6c35)-c3c(cc(-c5cc6ccccc6c6ccccc56)c5oc6ccccc6c35)C43c4ccc5ccccc5c4-c4c3ccc3ccccc43)ccc2c1. The fourth-order valence-electron chi connectivity index (χ4n) is 13.5. The molecule has 2 nitrogen and oxygen atoms in total. The van der Waals surface area contributed by atoms with Gasteiger partial charge in [-0.2, -0.15) is 0 Å². The van der Waals surface area contributed by atoms with Gasteiger partial charge in [-0.25, -0.2) is 0 Å². The first-order valence-electron chi connectivity index (χ1n) is 24.6. The lowest BCUT2D eigenvalue weighted by Gasteiger charge is -2.31. The number of fused-ring (bicyclic) bond motifs is 26. The number of para-hydroxylation sites is 2. The third kappa shape index (κ3) is 4.72. The summed E-state index contributed by atoms with van der Waals surface area (Å²) in [4.78, 5) is 0. The monoisotopic (exact) mass is 898 g/mol. The Morgan fingerprint density at radius 2 is 0.746 bits per heavy atom. The fourth-order valence-corrected chi connectivity index (χ4v) is 13.5. The molecule has 0 atom stereocenters. The predicted octanol–water partition coefficient (Wildman–Crippen LogP) is 18.9. The minimum atomic E-state index is -0.782. The van der Waals surface area contributed by atoms with Gasteiger partial charge in [0.25, 0.3) is 0 Å². The van der Waals surface area contributed by atoms with E-state index in [1.165, 1.54) is 92.8 Å². The normalized spacial score (nSPS) is 13.5. The van der Waals surface area contributed by atoms with Gasteiger partial charge >= 0.3 is 0 Å². The van der Waals surface area contributed by atoms with Crippen molar-refractivity contribution in [2.75, 3.05) is 0 Å². The number of benzene rings is 13. The van der Waals surface area contributed by atoms with E-state index in [0.29, 0.717) is 0 Å². The largest absolute Gasteiger partial charge is 0.455 e. The molecule has 2 aliphatic carbocycles. The second-order valence-corrected chi connectivity index (χ2v) is 19.7. The topological polar surface area (TPSA) is 26.3 Å². The van der Waals surface area contributed by atoms with Crippen LogP contribution in [0.15, 0.2) is 239 Å². The van der Waals surface area contributed by atoms with Crippen molar-refractivity contribution in [1.82, 2.24) is 0 Å². The van der Waals surface area contributed by atoms with Crippen LogP contribution in [0.1, 0.15) is 22.3 Å². The van der Waals surface area contributed by atoms with Gasteiger partial charge in [-0.05, 0) is 140 Å². The van der Waals surface area contributed by atoms with E-state index in [-0.39, 0.29) is 0 Å². The fraction of sp³-hybridized carbons (Fsp3) is 0.0145. The molecular weight excluding hydrogens is 861 g/mol. The van der Waals surface area contributed by atoms with E-state index in [1.54, 1.807) is 0 Å². The van der Waals surface area contributed by atoms with E-state index < -0.39 is 5.41 Å². The molecule has 0 fully saturated rings. The van der Waals surface area contributed by atoms with Crippen molar-refractivity contribution in [3.8, 4) is 44.5 Å². The molecule has 0 radical (unpaired) electrons. The van der Waals surface area contributed by atoms with Crippen LogP contribution in [0.4, 0.5) is 0 Å². The molecule has 2 aliphatic rings. The van der Waals surface area contributed by atoms with Crippen LogP contribution in [-0.2, 0) is 5.41 Å². The van der Waals surface area contributed by atoms with Crippen LogP contribution in [-0.4, -0.2) is 0 Å². The first-order valence-corrected chi connectivity index (χ1v) is 24.6. The average Bonchev–Trinajstić information content (AvgIpc) is 4.18. The van der Waals surface area contributed by atoms with Crippen molar-refractivity contribution in [2.45, 2.75) is 5.41 Å². The summed E-state index contributed by atoms with van der Waals surface area (Å²) in [5.41, 5.74) is 17.2. The molecule has 0 saturated carbocycles. The van der Waals surface area contributed by atoms with Gasteiger partial charge in [0.15, 0.2) is 0 Å². The Morgan fingerprint density at radius 1 is 0.254 bits per heavy atom. The first-order chi connectivity index (χ1) is 35.2. The smallest absolute Gasteiger partial charge is 0.144 e. The molecule has 0 N–H and O–H groups in total. The average molecular weight is 899 g/mol. The van der Waals surface area contributed by atoms with E-state index in [1.807, 2.05) is 0 Å². The van der Waals surface area contributed by atoms with E-state index in [2.05, 4.69) is 231 Å². The molecule has 0 aliphatic heterocycles. The molecule has 0 bridgehead atoms. The van der Waals surface area contributed by atoms with Gasteiger partial charge in [0.05, 0.1) is 5.41 Å². The van der Waals surface area contributed by atoms with E-state index >= 15 is 0 Å². The quantitative estimate of drug-likeness (QED) is 0.162. The molecule has 71 heavy (non-hydrogen) atoms. The zero-order valence-corrected chi connectivity index (χ0v) is 38.3. The number of furan rings is 2. The van der Waals surface area contributed by atoms with E-state index in [9.17, 15) is 0 Å². The maximum absolute atomic E-state index is 7.45. The highest BCUT2D eigenvalue weighted by molar-refractivity contribution is 6.28. The van der Waals surface area contributed by atoms with Crippen molar-refractivity contribution < 1.29 is 8.83 Å². The van der Waals surface area contributed by atoms with Gasteiger partial charge in [-0.1, -0.05) is 194 Å². The Hall–Kier alpha value is -9.24. The molecule has 2 aromatic heterocycles. The Kier molecular flexibility index (Phi) is 7.17. The van der Waals surface area contributed by atoms with Crippen LogP contribution in [0, 0.1) is 0 Å². The summed E-state index contributed by atoms with van der Waals surface area (Å²) in [6.45, 7) is 0. The van der Waals surface area contributed by atoms with Crippen molar-refractivity contribution in [3.63, 3.8) is 0 Å². The minimum Gasteiger partial charge on any atom is -0.455 e. The number of hydrogen-bond donors (Lipinski definition) is 0. The molecule has 13 aromatic carbocycles. The molecule has 0 amide bonds. The zero-order chi connectivity index (χ0) is 46.1. The third-order valence-electron chi connectivity index (χ3n) is 16.4. The second-order valence-electron chi connectivity index (χ2n) is 19.7. The summed E-state index contributed by atoms with van der Waals surface area (Å²) in [6.07, 6.45) is 0. The Morgan fingerprint density at radius 3 is 1.44 bits per heavy atom. The molecule has 0 saturated heterocycles. The van der Waals surface area contributed by atoms with E-state index in [4.69, 9.17) is 8.83 Å². The molecule has 15 aromatic rings. The standard InChI is InChI=1S/C69H38O2/c1-2-18-42-35-44(30-29-39(42)15-1)52-37-58-66(68-61(52)50-25-11-13-27-59(50)71-68)65-57(69(58)55-33-31-40-16-3-7-21-46(40)62(55)63-47-22-8-4-17-41(47)32-34-56(63)69)38-54(67-64(65)51-26-12-14-28-60(51)70-67)53-36-43-19-5-6-20-45(43)48-23-9-10-24-49(48)53/h1-38H. The predicted molar refractivity (Wildman–Crippen MR) is 296 cm³/mol. The van der Waals surface area contributed by atoms with Crippen LogP contribution in [0.5, 0.6) is 0 Å². The van der Waals surface area contributed by atoms with Crippen LogP contribution in [0.3, 0.4) is 0 Å². The van der Waals surface area contributed by atoms with Gasteiger partial charge < -0.3 is 8.83 Å². The number of hydrogen-bond acceptors (Lipinski definition) is 2. The summed E-state index contributed by atoms with van der Waals surface area (Å²) >= 11 is 0. The zero-order valence-electron chi connectivity index (χ0n) is 38.3. The van der Waals surface area contributed by atoms with E-state index in [0.717, 1.165) is 71.7 Å². The Bertz CT molecular complexity index is 4800. The van der Waals surface area contributed by atoms with Gasteiger partial charge in [-0.3, -0.25) is 0 Å². The highest BCUT2D eigenvalue weighted by Gasteiger charge is 2.55. The lowest BCUT2D eigenvalue weighted by molar-refractivity contribution is 0.669. The van der Waals surface area contributed by atoms with Gasteiger partial charge in [-0.15, -0.1) is 0 Å². The molecule has 0 unspecified atom stereocenters. The van der Waals surface area contributed by atoms with Crippen LogP contribution in [0.25, 0.3) is 142 Å². The van der Waals surface area contributed by atoms with Gasteiger partial charge in [0.2, 0.25) is 0 Å². The molecule has 17 rings (SSSR count). The Labute approximate surface area is 407 Å². The molecule has 1 spiro atoms. The van der Waals surface area contributed by atoms with Crippen molar-refractivity contribution in [1.29, 1.82) is 0 Å². The minimum absolute atomic E-state index is 0.782. The van der Waals surface area contributed by atoms with Gasteiger partial charge in [0, 0.05) is 38.2 Å². The van der Waals surface area contributed by atoms with Crippen molar-refractivity contribution in [2.24, 2.45) is 0 Å². The van der Waals surface area contributed by atoms with Gasteiger partial charge in [0.1, 0.15) is 22.3 Å². The molecule has 326 valence electrons. The molecular formula is C69H38O2.